The zero-order valence-corrected chi connectivity index (χ0v) is 19.9. The molecular formula is C24H29N9O2. The molecule has 0 radical (unpaired) electrons. The Morgan fingerprint density at radius 2 is 2.03 bits per heavy atom. The van der Waals surface area contributed by atoms with Crippen LogP contribution in [-0.4, -0.2) is 69.8 Å². The third-order valence-corrected chi connectivity index (χ3v) is 6.12. The second-order valence-electron chi connectivity index (χ2n) is 8.55. The lowest BCUT2D eigenvalue weighted by atomic mass is 10.0. The minimum absolute atomic E-state index is 0.216. The molecule has 35 heavy (non-hydrogen) atoms. The van der Waals surface area contributed by atoms with E-state index in [0.29, 0.717) is 43.9 Å². The fraction of sp³-hybridized carbons (Fsp3) is 0.417. The Balaban J connectivity index is 1.49. The van der Waals surface area contributed by atoms with Crippen LogP contribution in [0, 0.1) is 0 Å². The second kappa shape index (κ2) is 10.2. The molecule has 2 amide bonds. The van der Waals surface area contributed by atoms with Crippen molar-refractivity contribution in [3.63, 3.8) is 0 Å². The molecule has 11 heteroatoms. The summed E-state index contributed by atoms with van der Waals surface area (Å²) in [6, 6.07) is 5.38. The summed E-state index contributed by atoms with van der Waals surface area (Å²) >= 11 is 0. The van der Waals surface area contributed by atoms with Crippen molar-refractivity contribution >= 4 is 23.6 Å². The standard InChI is InChI=1S/C24H29N9O2/c1-3-25-24(34)30-20-6-5-17(13-28-20)21-29-19-14-32(23-26-8-4-9-27-23)10-7-18(19)22(31-21)33-11-12-35-15-16(33)2/h4-6,8-9,13,16H,3,7,10-12,14-15H2,1-2H3,(H2,25,28,30,34)/t16-/m1/s1. The number of morpholine rings is 1. The second-order valence-corrected chi connectivity index (χ2v) is 8.55. The fourth-order valence-electron chi connectivity index (χ4n) is 4.37. The Kier molecular flexibility index (Phi) is 6.66. The number of ether oxygens (including phenoxy) is 1. The average molecular weight is 476 g/mol. The highest BCUT2D eigenvalue weighted by molar-refractivity contribution is 5.88. The highest BCUT2D eigenvalue weighted by atomic mass is 16.5. The molecule has 0 aliphatic carbocycles. The lowest BCUT2D eigenvalue weighted by molar-refractivity contribution is 0.0984. The number of rotatable bonds is 5. The van der Waals surface area contributed by atoms with Gasteiger partial charge < -0.3 is 19.9 Å². The molecule has 3 aromatic heterocycles. The van der Waals surface area contributed by atoms with Gasteiger partial charge in [0, 0.05) is 49.4 Å². The molecule has 0 spiro atoms. The van der Waals surface area contributed by atoms with Crippen molar-refractivity contribution in [3.05, 3.63) is 48.0 Å². The van der Waals surface area contributed by atoms with Gasteiger partial charge in [-0.2, -0.15) is 0 Å². The highest BCUT2D eigenvalue weighted by Gasteiger charge is 2.29. The minimum Gasteiger partial charge on any atom is -0.377 e. The Morgan fingerprint density at radius 3 is 2.77 bits per heavy atom. The zero-order valence-electron chi connectivity index (χ0n) is 19.9. The first kappa shape index (κ1) is 22.9. The molecule has 0 aromatic carbocycles. The number of nitrogens with zero attached hydrogens (tertiary/aromatic N) is 7. The van der Waals surface area contributed by atoms with Crippen molar-refractivity contribution in [3.8, 4) is 11.4 Å². The molecule has 182 valence electrons. The third-order valence-electron chi connectivity index (χ3n) is 6.12. The van der Waals surface area contributed by atoms with Crippen LogP contribution in [0.2, 0.25) is 0 Å². The first-order valence-electron chi connectivity index (χ1n) is 11.9. The van der Waals surface area contributed by atoms with Crippen molar-refractivity contribution in [1.82, 2.24) is 30.2 Å². The van der Waals surface area contributed by atoms with Gasteiger partial charge in [-0.25, -0.2) is 29.7 Å². The van der Waals surface area contributed by atoms with Crippen LogP contribution in [0.1, 0.15) is 25.1 Å². The molecule has 0 bridgehead atoms. The van der Waals surface area contributed by atoms with E-state index in [-0.39, 0.29) is 12.1 Å². The lowest BCUT2D eigenvalue weighted by Crippen LogP contribution is -2.45. The van der Waals surface area contributed by atoms with Crippen molar-refractivity contribution in [2.24, 2.45) is 0 Å². The number of fused-ring (bicyclic) bond motifs is 1. The zero-order chi connectivity index (χ0) is 24.2. The van der Waals surface area contributed by atoms with Crippen LogP contribution in [-0.2, 0) is 17.7 Å². The molecule has 0 saturated carbocycles. The number of anilines is 3. The maximum Gasteiger partial charge on any atom is 0.320 e. The number of nitrogens with one attached hydrogen (secondary N) is 2. The van der Waals surface area contributed by atoms with Gasteiger partial charge in [0.05, 0.1) is 31.5 Å². The number of urea groups is 1. The van der Waals surface area contributed by atoms with E-state index in [4.69, 9.17) is 14.7 Å². The topological polar surface area (TPSA) is 121 Å². The molecule has 11 nitrogen and oxygen atoms in total. The van der Waals surface area contributed by atoms with Gasteiger partial charge in [0.2, 0.25) is 5.95 Å². The van der Waals surface area contributed by atoms with Gasteiger partial charge in [-0.05, 0) is 38.5 Å². The number of carbonyl (C=O) groups is 1. The van der Waals surface area contributed by atoms with Crippen molar-refractivity contribution in [1.29, 1.82) is 0 Å². The lowest BCUT2D eigenvalue weighted by Gasteiger charge is -2.37. The molecule has 5 heterocycles. The van der Waals surface area contributed by atoms with E-state index in [1.165, 1.54) is 0 Å². The average Bonchev–Trinajstić information content (AvgIpc) is 2.89. The van der Waals surface area contributed by atoms with Crippen molar-refractivity contribution < 1.29 is 9.53 Å². The van der Waals surface area contributed by atoms with Crippen LogP contribution < -0.4 is 20.4 Å². The molecule has 5 rings (SSSR count). The number of aromatic nitrogens is 5. The van der Waals surface area contributed by atoms with Crippen LogP contribution in [0.5, 0.6) is 0 Å². The van der Waals surface area contributed by atoms with Crippen LogP contribution in [0.3, 0.4) is 0 Å². The molecule has 1 fully saturated rings. The summed E-state index contributed by atoms with van der Waals surface area (Å²) in [7, 11) is 0. The summed E-state index contributed by atoms with van der Waals surface area (Å²) in [5.41, 5.74) is 2.91. The van der Waals surface area contributed by atoms with Gasteiger partial charge in [-0.15, -0.1) is 0 Å². The number of amides is 2. The number of pyridine rings is 1. The molecule has 1 atom stereocenters. The maximum atomic E-state index is 11.8. The van der Waals surface area contributed by atoms with Gasteiger partial charge in [0.25, 0.3) is 0 Å². The van der Waals surface area contributed by atoms with Gasteiger partial charge >= 0.3 is 6.03 Å². The van der Waals surface area contributed by atoms with E-state index in [9.17, 15) is 4.79 Å². The molecular weight excluding hydrogens is 446 g/mol. The summed E-state index contributed by atoms with van der Waals surface area (Å²) in [4.78, 5) is 39.5. The highest BCUT2D eigenvalue weighted by Crippen LogP contribution is 2.32. The van der Waals surface area contributed by atoms with E-state index in [2.05, 4.69) is 42.3 Å². The first-order chi connectivity index (χ1) is 17.1. The van der Waals surface area contributed by atoms with E-state index < -0.39 is 0 Å². The largest absolute Gasteiger partial charge is 0.377 e. The fourth-order valence-corrected chi connectivity index (χ4v) is 4.37. The van der Waals surface area contributed by atoms with Crippen LogP contribution in [0.15, 0.2) is 36.8 Å². The molecule has 1 saturated heterocycles. The molecule has 0 unspecified atom stereocenters. The van der Waals surface area contributed by atoms with Gasteiger partial charge in [-0.1, -0.05) is 0 Å². The van der Waals surface area contributed by atoms with Gasteiger partial charge in [-0.3, -0.25) is 5.32 Å². The summed E-state index contributed by atoms with van der Waals surface area (Å²) < 4.78 is 5.67. The number of hydrogen-bond acceptors (Lipinski definition) is 9. The van der Waals surface area contributed by atoms with Crippen LogP contribution in [0.4, 0.5) is 22.4 Å². The van der Waals surface area contributed by atoms with Crippen molar-refractivity contribution in [2.75, 3.05) is 48.0 Å². The molecule has 3 aromatic rings. The Bertz CT molecular complexity index is 1170. The van der Waals surface area contributed by atoms with E-state index in [1.807, 2.05) is 19.1 Å². The van der Waals surface area contributed by atoms with Gasteiger partial charge in [0.15, 0.2) is 5.82 Å². The predicted molar refractivity (Wildman–Crippen MR) is 132 cm³/mol. The summed E-state index contributed by atoms with van der Waals surface area (Å²) in [5.74, 6) is 2.72. The normalized spacial score (nSPS) is 17.6. The SMILES string of the molecule is CCNC(=O)Nc1ccc(-c2nc3c(c(N4CCOC[C@H]4C)n2)CCN(c2ncccn2)C3)cn1. The van der Waals surface area contributed by atoms with Crippen LogP contribution in [0.25, 0.3) is 11.4 Å². The maximum absolute atomic E-state index is 11.8. The predicted octanol–water partition coefficient (Wildman–Crippen LogP) is 2.26. The quantitative estimate of drug-likeness (QED) is 0.572. The molecule has 2 aliphatic rings. The first-order valence-corrected chi connectivity index (χ1v) is 11.9. The smallest absolute Gasteiger partial charge is 0.320 e. The van der Waals surface area contributed by atoms with Gasteiger partial charge in [0.1, 0.15) is 11.6 Å². The number of carbonyl (C=O) groups excluding carboxylic acids is 1. The summed E-state index contributed by atoms with van der Waals surface area (Å²) in [6.45, 7) is 8.08. The van der Waals surface area contributed by atoms with E-state index >= 15 is 0 Å². The van der Waals surface area contributed by atoms with E-state index in [0.717, 1.165) is 42.1 Å². The molecule has 2 N–H and O–H groups in total. The molecule has 2 aliphatic heterocycles. The Hall–Kier alpha value is -3.86. The third kappa shape index (κ3) is 4.99. The monoisotopic (exact) mass is 475 g/mol. The minimum atomic E-state index is -0.287. The number of hydrogen-bond donors (Lipinski definition) is 2. The Labute approximate surface area is 204 Å². The summed E-state index contributed by atoms with van der Waals surface area (Å²) in [5, 5.41) is 5.41. The van der Waals surface area contributed by atoms with E-state index in [1.54, 1.807) is 24.7 Å². The van der Waals surface area contributed by atoms with Crippen LogP contribution >= 0.6 is 0 Å². The van der Waals surface area contributed by atoms with Crippen molar-refractivity contribution in [2.45, 2.75) is 32.9 Å². The Morgan fingerprint density at radius 1 is 1.17 bits per heavy atom. The summed E-state index contributed by atoms with van der Waals surface area (Å²) in [6.07, 6.45) is 6.01.